The van der Waals surface area contributed by atoms with Crippen molar-refractivity contribution in [3.63, 3.8) is 0 Å². The number of nitrogens with one attached hydrogen (secondary N) is 1. The van der Waals surface area contributed by atoms with E-state index in [4.69, 9.17) is 27.9 Å². The van der Waals surface area contributed by atoms with Gasteiger partial charge in [0.05, 0.1) is 15.6 Å². The van der Waals surface area contributed by atoms with Gasteiger partial charge in [-0.05, 0) is 68.1 Å². The fraction of sp³-hybridized carbons (Fsp3) is 0.300. The molecule has 4 nitrogen and oxygen atoms in total. The highest BCUT2D eigenvalue weighted by Gasteiger charge is 2.18. The third-order valence-corrected chi connectivity index (χ3v) is 5.13. The summed E-state index contributed by atoms with van der Waals surface area (Å²) in [6, 6.07) is 11.3. The van der Waals surface area contributed by atoms with Crippen LogP contribution in [0.4, 0.5) is 5.69 Å². The van der Waals surface area contributed by atoms with Crippen molar-refractivity contribution in [3.8, 4) is 0 Å². The van der Waals surface area contributed by atoms with Crippen LogP contribution in [0, 0.1) is 0 Å². The summed E-state index contributed by atoms with van der Waals surface area (Å²) in [4.78, 5) is 24.5. The molecule has 2 aromatic carbocycles. The lowest BCUT2D eigenvalue weighted by Gasteiger charge is -2.21. The minimum atomic E-state index is -0.320. The van der Waals surface area contributed by atoms with E-state index in [1.807, 2.05) is 0 Å². The first-order chi connectivity index (χ1) is 12.5. The van der Waals surface area contributed by atoms with Crippen LogP contribution in [-0.2, 0) is 4.74 Å². The highest BCUT2D eigenvalue weighted by atomic mass is 35.5. The van der Waals surface area contributed by atoms with Gasteiger partial charge in [0.25, 0.3) is 5.91 Å². The Kier molecular flexibility index (Phi) is 6.17. The van der Waals surface area contributed by atoms with Gasteiger partial charge in [-0.25, -0.2) is 4.79 Å². The first-order valence-electron chi connectivity index (χ1n) is 8.60. The van der Waals surface area contributed by atoms with Crippen LogP contribution in [0.15, 0.2) is 42.5 Å². The first kappa shape index (κ1) is 18.7. The van der Waals surface area contributed by atoms with E-state index in [1.54, 1.807) is 36.4 Å². The molecule has 0 heterocycles. The van der Waals surface area contributed by atoms with Crippen LogP contribution in [-0.4, -0.2) is 18.0 Å². The standard InChI is InChI=1S/C20H19Cl2NO3/c21-17-11-8-14(12-18(17)22)19(24)23-15-9-6-13(7-10-15)20(25)26-16-4-2-1-3-5-16/h6-12,16H,1-5H2,(H,23,24). The second kappa shape index (κ2) is 8.56. The van der Waals surface area contributed by atoms with Crippen LogP contribution in [0.25, 0.3) is 0 Å². The van der Waals surface area contributed by atoms with Crippen molar-refractivity contribution in [2.75, 3.05) is 5.32 Å². The number of amides is 1. The second-order valence-electron chi connectivity index (χ2n) is 6.33. The van der Waals surface area contributed by atoms with Crippen molar-refractivity contribution in [1.29, 1.82) is 0 Å². The Morgan fingerprint density at radius 2 is 1.54 bits per heavy atom. The molecule has 0 aromatic heterocycles. The highest BCUT2D eigenvalue weighted by molar-refractivity contribution is 6.42. The lowest BCUT2D eigenvalue weighted by molar-refractivity contribution is 0.0211. The first-order valence-corrected chi connectivity index (χ1v) is 9.36. The zero-order valence-electron chi connectivity index (χ0n) is 14.1. The van der Waals surface area contributed by atoms with E-state index < -0.39 is 0 Å². The summed E-state index contributed by atoms with van der Waals surface area (Å²) in [5, 5.41) is 3.47. The van der Waals surface area contributed by atoms with E-state index in [0.717, 1.165) is 25.7 Å². The molecule has 3 rings (SSSR count). The quantitative estimate of drug-likeness (QED) is 0.676. The lowest BCUT2D eigenvalue weighted by Crippen LogP contribution is -2.20. The van der Waals surface area contributed by atoms with E-state index in [-0.39, 0.29) is 18.0 Å². The number of carbonyl (C=O) groups is 2. The van der Waals surface area contributed by atoms with Crippen LogP contribution < -0.4 is 5.32 Å². The summed E-state index contributed by atoms with van der Waals surface area (Å²) >= 11 is 11.8. The number of esters is 1. The Morgan fingerprint density at radius 3 is 2.19 bits per heavy atom. The number of halogens is 2. The largest absolute Gasteiger partial charge is 0.459 e. The monoisotopic (exact) mass is 391 g/mol. The fourth-order valence-electron chi connectivity index (χ4n) is 2.93. The summed E-state index contributed by atoms with van der Waals surface area (Å²) in [5.41, 5.74) is 1.46. The normalized spacial score (nSPS) is 14.7. The molecule has 0 spiro atoms. The predicted octanol–water partition coefficient (Wildman–Crippen LogP) is 5.74. The molecule has 1 N–H and O–H groups in total. The number of ether oxygens (including phenoxy) is 1. The van der Waals surface area contributed by atoms with E-state index in [2.05, 4.69) is 5.32 Å². The Morgan fingerprint density at radius 1 is 0.885 bits per heavy atom. The molecule has 136 valence electrons. The van der Waals surface area contributed by atoms with Gasteiger partial charge in [-0.1, -0.05) is 29.6 Å². The van der Waals surface area contributed by atoms with Gasteiger partial charge >= 0.3 is 5.97 Å². The molecule has 26 heavy (non-hydrogen) atoms. The molecule has 0 unspecified atom stereocenters. The van der Waals surface area contributed by atoms with E-state index >= 15 is 0 Å². The smallest absolute Gasteiger partial charge is 0.338 e. The second-order valence-corrected chi connectivity index (χ2v) is 7.14. The topological polar surface area (TPSA) is 55.4 Å². The minimum Gasteiger partial charge on any atom is -0.459 e. The van der Waals surface area contributed by atoms with Crippen LogP contribution >= 0.6 is 23.2 Å². The molecule has 0 aliphatic heterocycles. The molecule has 1 aliphatic rings. The summed E-state index contributed by atoms with van der Waals surface area (Å²) in [6.45, 7) is 0. The SMILES string of the molecule is O=C(Nc1ccc(C(=O)OC2CCCCC2)cc1)c1ccc(Cl)c(Cl)c1. The maximum atomic E-state index is 12.3. The fourth-order valence-corrected chi connectivity index (χ4v) is 3.23. The number of hydrogen-bond donors (Lipinski definition) is 1. The van der Waals surface area contributed by atoms with Gasteiger partial charge in [0.2, 0.25) is 0 Å². The summed E-state index contributed by atoms with van der Waals surface area (Å²) < 4.78 is 5.54. The molecule has 0 atom stereocenters. The summed E-state index contributed by atoms with van der Waals surface area (Å²) in [6.07, 6.45) is 5.31. The van der Waals surface area contributed by atoms with Gasteiger partial charge in [-0.3, -0.25) is 4.79 Å². The number of benzene rings is 2. The van der Waals surface area contributed by atoms with Crippen molar-refractivity contribution >= 4 is 40.8 Å². The third kappa shape index (κ3) is 4.77. The lowest BCUT2D eigenvalue weighted by atomic mass is 9.98. The van der Waals surface area contributed by atoms with Gasteiger partial charge in [0.15, 0.2) is 0 Å². The average molecular weight is 392 g/mol. The molecule has 2 aromatic rings. The summed E-state index contributed by atoms with van der Waals surface area (Å²) in [7, 11) is 0. The van der Waals surface area contributed by atoms with E-state index in [0.29, 0.717) is 26.9 Å². The van der Waals surface area contributed by atoms with Gasteiger partial charge in [-0.2, -0.15) is 0 Å². The molecular weight excluding hydrogens is 373 g/mol. The van der Waals surface area contributed by atoms with Crippen molar-refractivity contribution in [3.05, 3.63) is 63.6 Å². The van der Waals surface area contributed by atoms with Crippen molar-refractivity contribution in [1.82, 2.24) is 0 Å². The van der Waals surface area contributed by atoms with E-state index in [9.17, 15) is 9.59 Å². The number of anilines is 1. The zero-order chi connectivity index (χ0) is 18.5. The molecule has 6 heteroatoms. The van der Waals surface area contributed by atoms with Crippen molar-refractivity contribution in [2.45, 2.75) is 38.2 Å². The van der Waals surface area contributed by atoms with Gasteiger partial charge in [0.1, 0.15) is 6.10 Å². The Hall–Kier alpha value is -2.04. The third-order valence-electron chi connectivity index (χ3n) is 4.39. The Bertz CT molecular complexity index is 799. The van der Waals surface area contributed by atoms with Crippen LogP contribution in [0.2, 0.25) is 10.0 Å². The molecule has 0 saturated heterocycles. The van der Waals surface area contributed by atoms with Crippen LogP contribution in [0.1, 0.15) is 52.8 Å². The van der Waals surface area contributed by atoms with Crippen molar-refractivity contribution in [2.24, 2.45) is 0 Å². The van der Waals surface area contributed by atoms with Crippen LogP contribution in [0.3, 0.4) is 0 Å². The average Bonchev–Trinajstić information content (AvgIpc) is 2.65. The summed E-state index contributed by atoms with van der Waals surface area (Å²) in [5.74, 6) is -0.625. The molecule has 1 amide bonds. The zero-order valence-corrected chi connectivity index (χ0v) is 15.6. The highest BCUT2D eigenvalue weighted by Crippen LogP contribution is 2.24. The number of hydrogen-bond acceptors (Lipinski definition) is 3. The van der Waals surface area contributed by atoms with Gasteiger partial charge in [-0.15, -0.1) is 0 Å². The van der Waals surface area contributed by atoms with Crippen LogP contribution in [0.5, 0.6) is 0 Å². The molecular formula is C20H19Cl2NO3. The van der Waals surface area contributed by atoms with Crippen molar-refractivity contribution < 1.29 is 14.3 Å². The van der Waals surface area contributed by atoms with Gasteiger partial charge < -0.3 is 10.1 Å². The molecule has 1 aliphatic carbocycles. The molecule has 0 radical (unpaired) electrons. The van der Waals surface area contributed by atoms with Gasteiger partial charge in [0, 0.05) is 11.3 Å². The maximum Gasteiger partial charge on any atom is 0.338 e. The molecule has 1 saturated carbocycles. The van der Waals surface area contributed by atoms with E-state index in [1.165, 1.54) is 12.5 Å². The molecule has 0 bridgehead atoms. The predicted molar refractivity (Wildman–Crippen MR) is 103 cm³/mol. The Balaban J connectivity index is 1.60. The maximum absolute atomic E-state index is 12.3. The minimum absolute atomic E-state index is 0.0188. The Labute approximate surface area is 162 Å². The number of rotatable bonds is 4. The molecule has 1 fully saturated rings. The number of carbonyl (C=O) groups excluding carboxylic acids is 2.